The lowest BCUT2D eigenvalue weighted by atomic mass is 9.93. The maximum atomic E-state index is 13.1. The van der Waals surface area contributed by atoms with Crippen LogP contribution in [0.15, 0.2) is 36.5 Å². The zero-order chi connectivity index (χ0) is 24.8. The number of likely N-dealkylation sites (tertiary alicyclic amines) is 1. The SMILES string of the molecule is CCOc1c(C(=O)NCC(O)[C@@H]2Cc3ccccc3CN2)ccnc1NC1CCN(C(C)=O)CC1. The van der Waals surface area contributed by atoms with E-state index in [1.54, 1.807) is 19.2 Å². The number of nitrogens with one attached hydrogen (secondary N) is 3. The lowest BCUT2D eigenvalue weighted by molar-refractivity contribution is -0.129. The van der Waals surface area contributed by atoms with E-state index < -0.39 is 6.10 Å². The van der Waals surface area contributed by atoms with Crippen molar-refractivity contribution in [3.63, 3.8) is 0 Å². The van der Waals surface area contributed by atoms with E-state index in [-0.39, 0.29) is 30.4 Å². The standard InChI is InChI=1S/C26H35N5O4/c1-3-35-24-21(8-11-27-25(24)30-20-9-12-31(13-10-20)17(2)32)26(34)29-16-23(33)22-14-18-6-4-5-7-19(18)15-28-22/h4-8,11,20,22-23,28,33H,3,9-10,12-16H2,1-2H3,(H,27,30)(H,29,34)/t22-,23?/m0/s1. The molecule has 2 atom stereocenters. The molecule has 2 aliphatic heterocycles. The number of ether oxygens (including phenoxy) is 1. The van der Waals surface area contributed by atoms with Gasteiger partial charge in [-0.25, -0.2) is 4.98 Å². The molecule has 1 aromatic carbocycles. The van der Waals surface area contributed by atoms with Gasteiger partial charge in [-0.15, -0.1) is 0 Å². The van der Waals surface area contributed by atoms with Crippen LogP contribution in [-0.2, 0) is 17.8 Å². The first-order valence-electron chi connectivity index (χ1n) is 12.4. The van der Waals surface area contributed by atoms with Crippen LogP contribution in [0.25, 0.3) is 0 Å². The van der Waals surface area contributed by atoms with Gasteiger partial charge in [0.2, 0.25) is 5.91 Å². The third-order valence-electron chi connectivity index (χ3n) is 6.77. The number of fused-ring (bicyclic) bond motifs is 1. The molecular formula is C26H35N5O4. The minimum Gasteiger partial charge on any atom is -0.489 e. The van der Waals surface area contributed by atoms with E-state index in [9.17, 15) is 14.7 Å². The van der Waals surface area contributed by atoms with Crippen molar-refractivity contribution >= 4 is 17.6 Å². The first-order chi connectivity index (χ1) is 17.0. The highest BCUT2D eigenvalue weighted by Crippen LogP contribution is 2.29. The van der Waals surface area contributed by atoms with Gasteiger partial charge in [0.05, 0.1) is 18.3 Å². The van der Waals surface area contributed by atoms with Crippen LogP contribution >= 0.6 is 0 Å². The molecule has 2 aliphatic rings. The number of carbonyl (C=O) groups is 2. The average molecular weight is 482 g/mol. The summed E-state index contributed by atoms with van der Waals surface area (Å²) in [4.78, 5) is 30.9. The first-order valence-corrected chi connectivity index (χ1v) is 12.4. The second kappa shape index (κ2) is 11.5. The molecule has 0 spiro atoms. The van der Waals surface area contributed by atoms with Gasteiger partial charge in [-0.3, -0.25) is 9.59 Å². The largest absolute Gasteiger partial charge is 0.489 e. The lowest BCUT2D eigenvalue weighted by Crippen LogP contribution is -2.49. The van der Waals surface area contributed by atoms with E-state index in [1.807, 2.05) is 24.0 Å². The Hall–Kier alpha value is -3.17. The number of hydrogen-bond acceptors (Lipinski definition) is 7. The Bertz CT molecular complexity index is 1040. The van der Waals surface area contributed by atoms with Gasteiger partial charge in [-0.05, 0) is 43.4 Å². The molecule has 0 bridgehead atoms. The molecule has 1 unspecified atom stereocenters. The van der Waals surface area contributed by atoms with Crippen LogP contribution in [0.1, 0.15) is 48.2 Å². The van der Waals surface area contributed by atoms with Gasteiger partial charge in [0, 0.05) is 51.4 Å². The van der Waals surface area contributed by atoms with Gasteiger partial charge in [0.15, 0.2) is 11.6 Å². The summed E-state index contributed by atoms with van der Waals surface area (Å²) in [5.41, 5.74) is 2.84. The maximum Gasteiger partial charge on any atom is 0.255 e. The van der Waals surface area contributed by atoms with Crippen molar-refractivity contribution in [2.45, 2.75) is 57.8 Å². The van der Waals surface area contributed by atoms with Gasteiger partial charge in [-0.2, -0.15) is 0 Å². The van der Waals surface area contributed by atoms with Crippen molar-refractivity contribution in [3.8, 4) is 5.75 Å². The van der Waals surface area contributed by atoms with E-state index in [4.69, 9.17) is 4.74 Å². The third-order valence-corrected chi connectivity index (χ3v) is 6.77. The van der Waals surface area contributed by atoms with Crippen LogP contribution in [0.5, 0.6) is 5.75 Å². The molecule has 1 aromatic heterocycles. The number of aliphatic hydroxyl groups is 1. The Balaban J connectivity index is 1.38. The number of anilines is 1. The summed E-state index contributed by atoms with van der Waals surface area (Å²) >= 11 is 0. The molecular weight excluding hydrogens is 446 g/mol. The molecule has 0 aliphatic carbocycles. The molecule has 35 heavy (non-hydrogen) atoms. The van der Waals surface area contributed by atoms with E-state index in [0.29, 0.717) is 49.8 Å². The Morgan fingerprint density at radius 3 is 2.69 bits per heavy atom. The summed E-state index contributed by atoms with van der Waals surface area (Å²) in [6.45, 7) is 6.04. The maximum absolute atomic E-state index is 13.1. The van der Waals surface area contributed by atoms with Crippen molar-refractivity contribution in [1.29, 1.82) is 0 Å². The Kier molecular flexibility index (Phi) is 8.20. The van der Waals surface area contributed by atoms with Crippen LogP contribution < -0.4 is 20.7 Å². The third kappa shape index (κ3) is 6.10. The molecule has 1 fully saturated rings. The molecule has 0 radical (unpaired) electrons. The molecule has 1 saturated heterocycles. The van der Waals surface area contributed by atoms with Gasteiger partial charge >= 0.3 is 0 Å². The molecule has 3 heterocycles. The molecule has 2 amide bonds. The van der Waals surface area contributed by atoms with E-state index in [2.05, 4.69) is 33.1 Å². The molecule has 9 heteroatoms. The summed E-state index contributed by atoms with van der Waals surface area (Å²) in [7, 11) is 0. The smallest absolute Gasteiger partial charge is 0.255 e. The molecule has 0 saturated carbocycles. The summed E-state index contributed by atoms with van der Waals surface area (Å²) in [5.74, 6) is 0.693. The number of hydrogen-bond donors (Lipinski definition) is 4. The van der Waals surface area contributed by atoms with Crippen molar-refractivity contribution in [2.24, 2.45) is 0 Å². The normalized spacial score (nSPS) is 18.9. The zero-order valence-electron chi connectivity index (χ0n) is 20.4. The van der Waals surface area contributed by atoms with Crippen LogP contribution in [0.4, 0.5) is 5.82 Å². The van der Waals surface area contributed by atoms with Crippen LogP contribution in [0, 0.1) is 0 Å². The number of aliphatic hydroxyl groups excluding tert-OH is 1. The number of rotatable bonds is 8. The Morgan fingerprint density at radius 2 is 1.97 bits per heavy atom. The highest BCUT2D eigenvalue weighted by molar-refractivity contribution is 5.98. The molecule has 188 valence electrons. The minimum atomic E-state index is -0.728. The number of aromatic nitrogens is 1. The predicted molar refractivity (Wildman–Crippen MR) is 133 cm³/mol. The quantitative estimate of drug-likeness (QED) is 0.454. The number of pyridine rings is 1. The van der Waals surface area contributed by atoms with E-state index >= 15 is 0 Å². The number of amides is 2. The van der Waals surface area contributed by atoms with Gasteiger partial charge < -0.3 is 30.7 Å². The predicted octanol–water partition coefficient (Wildman–Crippen LogP) is 1.71. The minimum absolute atomic E-state index is 0.0880. The van der Waals surface area contributed by atoms with Crippen molar-refractivity contribution in [3.05, 3.63) is 53.2 Å². The number of piperidine rings is 1. The second-order valence-electron chi connectivity index (χ2n) is 9.13. The fourth-order valence-electron chi connectivity index (χ4n) is 4.74. The second-order valence-corrected chi connectivity index (χ2v) is 9.13. The molecule has 4 N–H and O–H groups in total. The van der Waals surface area contributed by atoms with Crippen LogP contribution in [-0.4, -0.2) is 71.2 Å². The molecule has 4 rings (SSSR count). The van der Waals surface area contributed by atoms with Gasteiger partial charge in [0.1, 0.15) is 0 Å². The van der Waals surface area contributed by atoms with Gasteiger partial charge in [0.25, 0.3) is 5.91 Å². The van der Waals surface area contributed by atoms with Crippen LogP contribution in [0.2, 0.25) is 0 Å². The summed E-state index contributed by atoms with van der Waals surface area (Å²) in [5, 5.41) is 20.4. The van der Waals surface area contributed by atoms with Crippen LogP contribution in [0.3, 0.4) is 0 Å². The fraction of sp³-hybridized carbons (Fsp3) is 0.500. The van der Waals surface area contributed by atoms with Crippen molar-refractivity contribution in [2.75, 3.05) is 31.6 Å². The topological polar surface area (TPSA) is 116 Å². The summed E-state index contributed by atoms with van der Waals surface area (Å²) < 4.78 is 5.83. The highest BCUT2D eigenvalue weighted by atomic mass is 16.5. The van der Waals surface area contributed by atoms with Gasteiger partial charge in [-0.1, -0.05) is 24.3 Å². The highest BCUT2D eigenvalue weighted by Gasteiger charge is 2.27. The monoisotopic (exact) mass is 481 g/mol. The molecule has 2 aromatic rings. The number of benzene rings is 1. The van der Waals surface area contributed by atoms with E-state index in [1.165, 1.54) is 11.1 Å². The summed E-state index contributed by atoms with van der Waals surface area (Å²) in [6, 6.07) is 9.82. The zero-order valence-corrected chi connectivity index (χ0v) is 20.4. The Labute approximate surface area is 206 Å². The first kappa shape index (κ1) is 24.9. The summed E-state index contributed by atoms with van der Waals surface area (Å²) in [6.07, 6.45) is 3.16. The van der Waals surface area contributed by atoms with Crippen molar-refractivity contribution in [1.82, 2.24) is 20.5 Å². The lowest BCUT2D eigenvalue weighted by Gasteiger charge is -2.32. The van der Waals surface area contributed by atoms with Crippen molar-refractivity contribution < 1.29 is 19.4 Å². The fourth-order valence-corrected chi connectivity index (χ4v) is 4.74. The average Bonchev–Trinajstić information content (AvgIpc) is 2.88. The number of carbonyl (C=O) groups excluding carboxylic acids is 2. The number of nitrogens with zero attached hydrogens (tertiary/aromatic N) is 2. The van der Waals surface area contributed by atoms with E-state index in [0.717, 1.165) is 12.8 Å². The molecule has 9 nitrogen and oxygen atoms in total. The Morgan fingerprint density at radius 1 is 1.23 bits per heavy atom.